The van der Waals surface area contributed by atoms with Crippen molar-refractivity contribution >= 4 is 20.8 Å². The van der Waals surface area contributed by atoms with E-state index < -0.39 is 0 Å². The fourth-order valence-electron chi connectivity index (χ4n) is 1.44. The maximum Gasteiger partial charge on any atom is 0.156 e. The molecule has 0 aliphatic heterocycles. The van der Waals surface area contributed by atoms with Gasteiger partial charge in [0, 0.05) is 14.2 Å². The van der Waals surface area contributed by atoms with Crippen LogP contribution < -0.4 is 5.19 Å². The predicted molar refractivity (Wildman–Crippen MR) is 69.2 cm³/mol. The summed E-state index contributed by atoms with van der Waals surface area (Å²) in [6.45, 7) is 3.77. The lowest BCUT2D eigenvalue weighted by atomic mass is 10.2. The minimum Gasteiger partial charge on any atom is -0.356 e. The highest BCUT2D eigenvalue weighted by molar-refractivity contribution is 6.53. The first-order valence-corrected chi connectivity index (χ1v) is 6.53. The Balaban J connectivity index is 2.39. The Labute approximate surface area is 100 Å². The molecule has 0 atom stereocenters. The summed E-state index contributed by atoms with van der Waals surface area (Å²) >= 11 is 0. The van der Waals surface area contributed by atoms with Crippen molar-refractivity contribution in [1.82, 2.24) is 0 Å². The van der Waals surface area contributed by atoms with Gasteiger partial charge in [-0.25, -0.2) is 0 Å². The lowest BCUT2D eigenvalue weighted by Crippen LogP contribution is -2.18. The van der Waals surface area contributed by atoms with E-state index in [9.17, 15) is 0 Å². The Kier molecular flexibility index (Phi) is 6.07. The zero-order valence-corrected chi connectivity index (χ0v) is 10.9. The molecule has 0 aliphatic carbocycles. The quantitative estimate of drug-likeness (QED) is 0.531. The molecule has 0 unspecified atom stereocenters. The van der Waals surface area contributed by atoms with Gasteiger partial charge < -0.3 is 9.47 Å². The van der Waals surface area contributed by atoms with E-state index in [0.29, 0.717) is 0 Å². The normalized spacial score (nSPS) is 10.7. The molecule has 2 nitrogen and oxygen atoms in total. The van der Waals surface area contributed by atoms with Crippen LogP contribution in [0.4, 0.5) is 0 Å². The van der Waals surface area contributed by atoms with Gasteiger partial charge in [-0.05, 0) is 12.0 Å². The van der Waals surface area contributed by atoms with Crippen molar-refractivity contribution in [2.24, 2.45) is 0 Å². The average Bonchev–Trinajstić information content (AvgIpc) is 2.35. The topological polar surface area (TPSA) is 18.5 Å². The van der Waals surface area contributed by atoms with E-state index in [0.717, 1.165) is 22.0 Å². The summed E-state index contributed by atoms with van der Waals surface area (Å²) in [6.07, 6.45) is 2.74. The fourth-order valence-corrected chi connectivity index (χ4v) is 2.59. The Morgan fingerprint density at radius 1 is 1.38 bits per heavy atom. The molecule has 0 heterocycles. The summed E-state index contributed by atoms with van der Waals surface area (Å²) in [5, 5.41) is 1.36. The second kappa shape index (κ2) is 7.38. The molecule has 0 saturated heterocycles. The third kappa shape index (κ3) is 4.31. The number of methoxy groups -OCH3 is 2. The Hall–Kier alpha value is -0.903. The third-order valence-corrected chi connectivity index (χ3v) is 3.62. The van der Waals surface area contributed by atoms with E-state index in [4.69, 9.17) is 9.47 Å². The first-order chi connectivity index (χ1) is 7.80. The number of hydrogen-bond donors (Lipinski definition) is 0. The van der Waals surface area contributed by atoms with Gasteiger partial charge >= 0.3 is 0 Å². The lowest BCUT2D eigenvalue weighted by molar-refractivity contribution is -0.103. The first kappa shape index (κ1) is 13.2. The molecule has 0 aliphatic rings. The maximum absolute atomic E-state index is 5.15. The van der Waals surface area contributed by atoms with Crippen LogP contribution >= 0.6 is 0 Å². The molecule has 2 radical (unpaired) electrons. The Bertz CT molecular complexity index is 321. The lowest BCUT2D eigenvalue weighted by Gasteiger charge is -2.12. The van der Waals surface area contributed by atoms with Gasteiger partial charge in [-0.15, -0.1) is 0 Å². The van der Waals surface area contributed by atoms with Crippen LogP contribution in [0, 0.1) is 0 Å². The molecule has 0 amide bonds. The van der Waals surface area contributed by atoms with Crippen molar-refractivity contribution in [1.29, 1.82) is 0 Å². The van der Waals surface area contributed by atoms with Crippen LogP contribution in [0.2, 0.25) is 6.04 Å². The zero-order valence-electron chi connectivity index (χ0n) is 9.90. The van der Waals surface area contributed by atoms with Gasteiger partial charge in [0.2, 0.25) is 0 Å². The highest BCUT2D eigenvalue weighted by atomic mass is 28.2. The van der Waals surface area contributed by atoms with Crippen LogP contribution in [0.15, 0.2) is 30.8 Å². The van der Waals surface area contributed by atoms with Crippen molar-refractivity contribution in [3.63, 3.8) is 0 Å². The van der Waals surface area contributed by atoms with E-state index in [-0.39, 0.29) is 6.29 Å². The van der Waals surface area contributed by atoms with E-state index >= 15 is 0 Å². The van der Waals surface area contributed by atoms with Crippen molar-refractivity contribution < 1.29 is 9.47 Å². The molecule has 1 aromatic carbocycles. The predicted octanol–water partition coefficient (Wildman–Crippen LogP) is 2.09. The Morgan fingerprint density at radius 2 is 2.12 bits per heavy atom. The summed E-state index contributed by atoms with van der Waals surface area (Å²) in [4.78, 5) is 0. The molecule has 0 bridgehead atoms. The maximum atomic E-state index is 5.15. The summed E-state index contributed by atoms with van der Waals surface area (Å²) in [5.74, 6) is 0. The number of hydrogen-bond acceptors (Lipinski definition) is 2. The monoisotopic (exact) mass is 234 g/mol. The molecule has 0 aromatic heterocycles. The van der Waals surface area contributed by atoms with E-state index in [1.807, 2.05) is 6.08 Å². The second-order valence-corrected chi connectivity index (χ2v) is 4.88. The Morgan fingerprint density at radius 3 is 2.75 bits per heavy atom. The van der Waals surface area contributed by atoms with Crippen LogP contribution in [-0.4, -0.2) is 30.0 Å². The van der Waals surface area contributed by atoms with Gasteiger partial charge in [-0.1, -0.05) is 48.2 Å². The van der Waals surface area contributed by atoms with Gasteiger partial charge in [-0.3, -0.25) is 0 Å². The van der Waals surface area contributed by atoms with E-state index in [2.05, 4.69) is 30.8 Å². The average molecular weight is 234 g/mol. The second-order valence-electron chi connectivity index (χ2n) is 3.45. The highest BCUT2D eigenvalue weighted by Gasteiger charge is 2.05. The van der Waals surface area contributed by atoms with Crippen LogP contribution in [0.25, 0.3) is 6.08 Å². The molecular formula is C13H18O2Si. The van der Waals surface area contributed by atoms with Crippen LogP contribution in [0.1, 0.15) is 12.0 Å². The van der Waals surface area contributed by atoms with Gasteiger partial charge in [-0.2, -0.15) is 0 Å². The number of rotatable bonds is 7. The first-order valence-electron chi connectivity index (χ1n) is 5.32. The summed E-state index contributed by atoms with van der Waals surface area (Å²) in [7, 11) is 4.15. The minimum absolute atomic E-state index is 0.0740. The molecule has 0 N–H and O–H groups in total. The number of ether oxygens (including phenoxy) is 2. The summed E-state index contributed by atoms with van der Waals surface area (Å²) in [5.41, 5.74) is 1.18. The van der Waals surface area contributed by atoms with Gasteiger partial charge in [0.05, 0.1) is 9.52 Å². The van der Waals surface area contributed by atoms with Crippen LogP contribution in [-0.2, 0) is 9.47 Å². The third-order valence-electron chi connectivity index (χ3n) is 2.36. The van der Waals surface area contributed by atoms with Gasteiger partial charge in [0.15, 0.2) is 6.29 Å². The van der Waals surface area contributed by atoms with Gasteiger partial charge in [0.1, 0.15) is 0 Å². The van der Waals surface area contributed by atoms with Gasteiger partial charge in [0.25, 0.3) is 0 Å². The van der Waals surface area contributed by atoms with Crippen LogP contribution in [0.5, 0.6) is 0 Å². The van der Waals surface area contributed by atoms with Crippen molar-refractivity contribution in [3.8, 4) is 0 Å². The van der Waals surface area contributed by atoms with E-state index in [1.54, 1.807) is 14.2 Å². The standard InChI is InChI=1S/C13H18O2Si/c1-4-11-6-5-7-12(10-11)16-9-8-13(14-2)15-3/h4-7,10,13H,1,8-9H2,2-3H3. The summed E-state index contributed by atoms with van der Waals surface area (Å²) in [6, 6.07) is 9.56. The molecule has 0 spiro atoms. The summed E-state index contributed by atoms with van der Waals surface area (Å²) < 4.78 is 10.3. The molecule has 1 aromatic rings. The molecule has 1 rings (SSSR count). The molecular weight excluding hydrogens is 216 g/mol. The largest absolute Gasteiger partial charge is 0.356 e. The van der Waals surface area contributed by atoms with Crippen molar-refractivity contribution in [2.75, 3.05) is 14.2 Å². The SMILES string of the molecule is C=Cc1cccc([Si]CCC(OC)OC)c1. The minimum atomic E-state index is -0.0740. The molecule has 3 heteroatoms. The zero-order chi connectivity index (χ0) is 11.8. The smallest absolute Gasteiger partial charge is 0.156 e. The number of benzene rings is 1. The molecule has 0 fully saturated rings. The van der Waals surface area contributed by atoms with Crippen molar-refractivity contribution in [2.45, 2.75) is 18.8 Å². The molecule has 86 valence electrons. The van der Waals surface area contributed by atoms with Crippen LogP contribution in [0.3, 0.4) is 0 Å². The molecule has 16 heavy (non-hydrogen) atoms. The van der Waals surface area contributed by atoms with Crippen molar-refractivity contribution in [3.05, 3.63) is 36.4 Å². The molecule has 0 saturated carbocycles. The fraction of sp³-hybridized carbons (Fsp3) is 0.385. The van der Waals surface area contributed by atoms with E-state index in [1.165, 1.54) is 10.8 Å². The highest BCUT2D eigenvalue weighted by Crippen LogP contribution is 2.03.